The normalized spacial score (nSPS) is 12.5. The fraction of sp³-hybridized carbons (Fsp3) is 0.600. The van der Waals surface area contributed by atoms with Gasteiger partial charge in [-0.15, -0.1) is 12.3 Å². The Morgan fingerprint density at radius 1 is 1.06 bits per heavy atom. The van der Waals surface area contributed by atoms with Gasteiger partial charge in [-0.3, -0.25) is 9.59 Å². The molecule has 0 atom stereocenters. The molecule has 31 heavy (non-hydrogen) atoms. The highest BCUT2D eigenvalue weighted by atomic mass is 28.4. The molecule has 0 aliphatic carbocycles. The van der Waals surface area contributed by atoms with E-state index >= 15 is 0 Å². The maximum atomic E-state index is 12.6. The number of carbonyl (C=O) groups excluding carboxylic acids is 2. The number of terminal acetylenes is 1. The van der Waals surface area contributed by atoms with Crippen LogP contribution in [-0.2, 0) is 23.5 Å². The summed E-state index contributed by atoms with van der Waals surface area (Å²) in [6.45, 7) is 18.7. The Balaban J connectivity index is 5.61. The van der Waals surface area contributed by atoms with Crippen molar-refractivity contribution in [2.45, 2.75) is 72.4 Å². The zero-order chi connectivity index (χ0) is 24.1. The summed E-state index contributed by atoms with van der Waals surface area (Å²) >= 11 is 0. The van der Waals surface area contributed by atoms with Crippen LogP contribution < -0.4 is 0 Å². The van der Waals surface area contributed by atoms with Gasteiger partial charge in [0, 0.05) is 6.42 Å². The van der Waals surface area contributed by atoms with Crippen LogP contribution in [0.1, 0.15) is 61.3 Å². The summed E-state index contributed by atoms with van der Waals surface area (Å²) in [5.74, 6) is 1.12. The molecule has 0 saturated heterocycles. The third-order valence-corrected chi connectivity index (χ3v) is 10.2. The quantitative estimate of drug-likeness (QED) is 0.0874. The molecule has 5 nitrogen and oxygen atoms in total. The van der Waals surface area contributed by atoms with E-state index in [1.54, 1.807) is 19.9 Å². The Labute approximate surface area is 190 Å². The molecule has 174 valence electrons. The van der Waals surface area contributed by atoms with Crippen molar-refractivity contribution in [3.8, 4) is 12.3 Å². The van der Waals surface area contributed by atoms with Gasteiger partial charge in [0.2, 0.25) is 8.32 Å². The second kappa shape index (κ2) is 14.1. The first-order chi connectivity index (χ1) is 14.5. The summed E-state index contributed by atoms with van der Waals surface area (Å²) in [6.07, 6.45) is 11.1. The molecule has 0 aromatic heterocycles. The van der Waals surface area contributed by atoms with Gasteiger partial charge < -0.3 is 13.9 Å². The highest BCUT2D eigenvalue weighted by molar-refractivity contribution is 6.81. The smallest absolute Gasteiger partial charge is 0.324 e. The number of hydrogen-bond donors (Lipinski definition) is 0. The van der Waals surface area contributed by atoms with Gasteiger partial charge in [-0.1, -0.05) is 63.8 Å². The molecule has 0 spiro atoms. The minimum atomic E-state index is -2.20. The van der Waals surface area contributed by atoms with Crippen molar-refractivity contribution in [1.82, 2.24) is 0 Å². The van der Waals surface area contributed by atoms with Crippen LogP contribution in [0.4, 0.5) is 0 Å². The van der Waals surface area contributed by atoms with Gasteiger partial charge in [0.25, 0.3) is 0 Å². The van der Waals surface area contributed by atoms with Gasteiger partial charge in [-0.05, 0) is 38.3 Å². The first kappa shape index (κ1) is 28.9. The van der Waals surface area contributed by atoms with Gasteiger partial charge in [0.15, 0.2) is 5.41 Å². The summed E-state index contributed by atoms with van der Waals surface area (Å²) in [5, 5.41) is 0. The summed E-state index contributed by atoms with van der Waals surface area (Å²) in [5.41, 5.74) is 2.40. The van der Waals surface area contributed by atoms with E-state index in [1.165, 1.54) is 0 Å². The number of esters is 2. The Hall–Kier alpha value is -2.10. The maximum absolute atomic E-state index is 12.6. The average Bonchev–Trinajstić information content (AvgIpc) is 2.68. The highest BCUT2D eigenvalue weighted by Gasteiger charge is 2.47. The monoisotopic (exact) mass is 448 g/mol. The summed E-state index contributed by atoms with van der Waals surface area (Å²) in [4.78, 5) is 25.3. The number of allylic oxidation sites excluding steroid dienone is 3. The lowest BCUT2D eigenvalue weighted by Gasteiger charge is -2.35. The van der Waals surface area contributed by atoms with Crippen molar-refractivity contribution in [1.29, 1.82) is 0 Å². The molecule has 0 aromatic carbocycles. The van der Waals surface area contributed by atoms with E-state index < -0.39 is 25.7 Å². The molecule has 0 aliphatic rings. The van der Waals surface area contributed by atoms with Crippen molar-refractivity contribution >= 4 is 20.3 Å². The molecule has 0 saturated carbocycles. The van der Waals surface area contributed by atoms with E-state index in [1.807, 2.05) is 19.1 Å². The Bertz CT molecular complexity index is 671. The molecule has 0 aliphatic heterocycles. The van der Waals surface area contributed by atoms with Gasteiger partial charge in [0.05, 0.1) is 19.8 Å². The fourth-order valence-corrected chi connectivity index (χ4v) is 7.23. The topological polar surface area (TPSA) is 61.8 Å². The van der Waals surface area contributed by atoms with Crippen LogP contribution in [0.15, 0.2) is 36.1 Å². The Kier molecular flexibility index (Phi) is 13.1. The Morgan fingerprint density at radius 3 is 1.97 bits per heavy atom. The van der Waals surface area contributed by atoms with Crippen molar-refractivity contribution < 1.29 is 23.5 Å². The molecule has 0 N–H and O–H groups in total. The summed E-state index contributed by atoms with van der Waals surface area (Å²) in [7, 11) is -2.20. The van der Waals surface area contributed by atoms with Crippen LogP contribution in [0.2, 0.25) is 11.1 Å². The molecule has 0 amide bonds. The minimum absolute atomic E-state index is 0.0894. The lowest BCUT2D eigenvalue weighted by atomic mass is 9.81. The predicted octanol–water partition coefficient (Wildman–Crippen LogP) is 5.52. The number of hydrogen-bond acceptors (Lipinski definition) is 5. The van der Waals surface area contributed by atoms with Crippen molar-refractivity contribution in [2.24, 2.45) is 5.41 Å². The van der Waals surface area contributed by atoms with E-state index in [-0.39, 0.29) is 26.1 Å². The molecule has 0 radical (unpaired) electrons. The van der Waals surface area contributed by atoms with Crippen LogP contribution in [0.25, 0.3) is 0 Å². The maximum Gasteiger partial charge on any atom is 0.324 e. The average molecular weight is 449 g/mol. The SMILES string of the molecule is C#CCC(C/C=C/CO[Si](/C=C/C(=C)C)(C(C)C)C(C)C)(C(=O)OCC)C(=O)OCC. The van der Waals surface area contributed by atoms with Gasteiger partial charge in [0.1, 0.15) is 0 Å². The molecule has 0 heterocycles. The third-order valence-electron chi connectivity index (χ3n) is 5.23. The van der Waals surface area contributed by atoms with Crippen LogP contribution in [0, 0.1) is 17.8 Å². The minimum Gasteiger partial charge on any atom is -0.465 e. The molecule has 6 heteroatoms. The van der Waals surface area contributed by atoms with Crippen LogP contribution in [0.3, 0.4) is 0 Å². The molecule has 0 aromatic rings. The summed E-state index contributed by atoms with van der Waals surface area (Å²) < 4.78 is 16.7. The van der Waals surface area contributed by atoms with E-state index in [0.717, 1.165) is 5.57 Å². The molecular formula is C25H40O5Si. The van der Waals surface area contributed by atoms with Gasteiger partial charge in [-0.25, -0.2) is 0 Å². The number of carbonyl (C=O) groups is 2. The lowest BCUT2D eigenvalue weighted by Crippen LogP contribution is -2.43. The molecular weight excluding hydrogens is 408 g/mol. The van der Waals surface area contributed by atoms with Gasteiger partial charge >= 0.3 is 11.9 Å². The van der Waals surface area contributed by atoms with E-state index in [0.29, 0.717) is 17.7 Å². The standard InChI is InChI=1S/C25H40O5Si/c1-10-16-25(23(26)28-11-2,24(27)29-12-3)17-13-14-18-30-31(21(6)7,22(8)9)19-15-20(4)5/h1,13-15,19,21-22H,4,11-12,16-18H2,2-3,5-9H3/b14-13+,19-15+. The molecule has 0 fully saturated rings. The predicted molar refractivity (Wildman–Crippen MR) is 129 cm³/mol. The number of ether oxygens (including phenoxy) is 2. The van der Waals surface area contributed by atoms with Gasteiger partial charge in [-0.2, -0.15) is 0 Å². The van der Waals surface area contributed by atoms with Crippen molar-refractivity contribution in [3.05, 3.63) is 36.1 Å². The van der Waals surface area contributed by atoms with E-state index in [4.69, 9.17) is 20.3 Å². The molecule has 0 unspecified atom stereocenters. The van der Waals surface area contributed by atoms with Crippen LogP contribution >= 0.6 is 0 Å². The fourth-order valence-electron chi connectivity index (χ4n) is 3.43. The third kappa shape index (κ3) is 8.16. The lowest BCUT2D eigenvalue weighted by molar-refractivity contribution is -0.171. The van der Waals surface area contributed by atoms with E-state index in [9.17, 15) is 9.59 Å². The van der Waals surface area contributed by atoms with Crippen molar-refractivity contribution in [2.75, 3.05) is 19.8 Å². The Morgan fingerprint density at radius 2 is 1.58 bits per heavy atom. The van der Waals surface area contributed by atoms with Crippen molar-refractivity contribution in [3.63, 3.8) is 0 Å². The zero-order valence-corrected chi connectivity index (χ0v) is 21.3. The molecule has 0 bridgehead atoms. The first-order valence-corrected chi connectivity index (χ1v) is 13.1. The van der Waals surface area contributed by atoms with Crippen LogP contribution in [0.5, 0.6) is 0 Å². The van der Waals surface area contributed by atoms with Crippen LogP contribution in [-0.4, -0.2) is 40.1 Å². The summed E-state index contributed by atoms with van der Waals surface area (Å²) in [6, 6.07) is 0. The molecule has 0 rings (SSSR count). The largest absolute Gasteiger partial charge is 0.465 e. The number of rotatable bonds is 14. The van der Waals surface area contributed by atoms with E-state index in [2.05, 4.69) is 45.9 Å². The zero-order valence-electron chi connectivity index (χ0n) is 20.3. The second-order valence-electron chi connectivity index (χ2n) is 8.23. The first-order valence-electron chi connectivity index (χ1n) is 11.0. The second-order valence-corrected chi connectivity index (χ2v) is 12.9. The highest BCUT2D eigenvalue weighted by Crippen LogP contribution is 2.35.